The number of nitrogens with one attached hydrogen (secondary N) is 1. The van der Waals surface area contributed by atoms with E-state index in [1.807, 2.05) is 107 Å². The standard InChI is InChI=1S/C39H39N3O5S/c1-5-46-33-21-15-31(16-22-33)40-48(44,45)35-23-24-37-36(25-35)39(43)42(32-17-11-28(4)12-18-32)38(41(37)26-29-9-7-6-8-10-29)30-13-19-34(20-14-30)47-27(2)3/h6-25,27,38,40H,5,26H2,1-4H3/t38-/m1/s1. The molecule has 6 rings (SSSR count). The lowest BCUT2D eigenvalue weighted by molar-refractivity contribution is 0.0968. The fraction of sp³-hybridized carbons (Fsp3) is 0.205. The molecular weight excluding hydrogens is 623 g/mol. The first-order chi connectivity index (χ1) is 23.1. The Hall–Kier alpha value is -5.28. The molecule has 0 bridgehead atoms. The van der Waals surface area contributed by atoms with Gasteiger partial charge >= 0.3 is 0 Å². The van der Waals surface area contributed by atoms with Crippen molar-refractivity contribution in [3.63, 3.8) is 0 Å². The molecule has 0 spiro atoms. The van der Waals surface area contributed by atoms with E-state index in [1.165, 1.54) is 6.07 Å². The predicted octanol–water partition coefficient (Wildman–Crippen LogP) is 8.35. The lowest BCUT2D eigenvalue weighted by Crippen LogP contribution is -2.49. The lowest BCUT2D eigenvalue weighted by atomic mass is 9.98. The fourth-order valence-electron chi connectivity index (χ4n) is 5.85. The quantitative estimate of drug-likeness (QED) is 0.153. The van der Waals surface area contributed by atoms with Crippen LogP contribution in [0.15, 0.2) is 126 Å². The van der Waals surface area contributed by atoms with E-state index in [9.17, 15) is 13.2 Å². The van der Waals surface area contributed by atoms with Crippen LogP contribution in [0.1, 0.15) is 54.0 Å². The number of benzene rings is 5. The fourth-order valence-corrected chi connectivity index (χ4v) is 6.94. The van der Waals surface area contributed by atoms with Gasteiger partial charge in [-0.3, -0.25) is 14.4 Å². The first-order valence-electron chi connectivity index (χ1n) is 16.0. The van der Waals surface area contributed by atoms with Crippen molar-refractivity contribution in [1.29, 1.82) is 0 Å². The number of rotatable bonds is 11. The number of carbonyl (C=O) groups is 1. The molecule has 0 aliphatic carbocycles. The zero-order chi connectivity index (χ0) is 33.8. The van der Waals surface area contributed by atoms with E-state index in [0.29, 0.717) is 36.0 Å². The van der Waals surface area contributed by atoms with Gasteiger partial charge in [0.2, 0.25) is 0 Å². The molecule has 0 unspecified atom stereocenters. The summed E-state index contributed by atoms with van der Waals surface area (Å²) in [6.45, 7) is 8.82. The normalized spacial score (nSPS) is 14.5. The molecule has 0 fully saturated rings. The number of hydrogen-bond acceptors (Lipinski definition) is 6. The SMILES string of the molecule is CCOc1ccc(NS(=O)(=O)c2ccc3c(c2)C(=O)N(c2ccc(C)cc2)[C@H](c2ccc(OC(C)C)cc2)N3Cc2ccccc2)cc1. The van der Waals surface area contributed by atoms with Crippen LogP contribution in [0.4, 0.5) is 17.1 Å². The third kappa shape index (κ3) is 7.01. The summed E-state index contributed by atoms with van der Waals surface area (Å²) in [5.41, 5.74) is 5.00. The molecule has 1 aliphatic rings. The van der Waals surface area contributed by atoms with Gasteiger partial charge in [0.15, 0.2) is 0 Å². The summed E-state index contributed by atoms with van der Waals surface area (Å²) in [4.78, 5) is 18.6. The average Bonchev–Trinajstić information content (AvgIpc) is 3.08. The third-order valence-corrected chi connectivity index (χ3v) is 9.43. The number of amides is 1. The van der Waals surface area contributed by atoms with E-state index >= 15 is 0 Å². The van der Waals surface area contributed by atoms with Crippen LogP contribution in [-0.2, 0) is 16.6 Å². The molecule has 0 saturated heterocycles. The molecule has 1 aliphatic heterocycles. The number of carbonyl (C=O) groups excluding carboxylic acids is 1. The number of aryl methyl sites for hydroxylation is 1. The van der Waals surface area contributed by atoms with Gasteiger partial charge < -0.3 is 14.4 Å². The van der Waals surface area contributed by atoms with E-state index in [1.54, 1.807) is 41.3 Å². The molecule has 1 atom stereocenters. The van der Waals surface area contributed by atoms with Crippen molar-refractivity contribution < 1.29 is 22.7 Å². The van der Waals surface area contributed by atoms with Gasteiger partial charge in [0.25, 0.3) is 15.9 Å². The van der Waals surface area contributed by atoms with Crippen LogP contribution < -0.4 is 24.0 Å². The molecule has 5 aromatic carbocycles. The molecule has 9 heteroatoms. The van der Waals surface area contributed by atoms with Gasteiger partial charge in [0.1, 0.15) is 17.7 Å². The Balaban J connectivity index is 1.47. The predicted molar refractivity (Wildman–Crippen MR) is 190 cm³/mol. The number of anilines is 3. The van der Waals surface area contributed by atoms with Gasteiger partial charge in [-0.25, -0.2) is 8.42 Å². The molecule has 0 aromatic heterocycles. The Bertz CT molecular complexity index is 1980. The Kier molecular flexibility index (Phi) is 9.41. The highest BCUT2D eigenvalue weighted by molar-refractivity contribution is 7.92. The maximum absolute atomic E-state index is 14.7. The largest absolute Gasteiger partial charge is 0.494 e. The highest BCUT2D eigenvalue weighted by atomic mass is 32.2. The van der Waals surface area contributed by atoms with Crippen molar-refractivity contribution in [3.05, 3.63) is 144 Å². The second-order valence-electron chi connectivity index (χ2n) is 12.0. The second kappa shape index (κ2) is 13.8. The number of fused-ring (bicyclic) bond motifs is 1. The van der Waals surface area contributed by atoms with E-state index in [-0.39, 0.29) is 22.5 Å². The molecule has 1 amide bonds. The maximum atomic E-state index is 14.7. The van der Waals surface area contributed by atoms with E-state index in [4.69, 9.17) is 9.47 Å². The molecule has 48 heavy (non-hydrogen) atoms. The Morgan fingerprint density at radius 2 is 1.48 bits per heavy atom. The first kappa shape index (κ1) is 32.7. The van der Waals surface area contributed by atoms with Crippen LogP contribution in [0.5, 0.6) is 11.5 Å². The zero-order valence-corrected chi connectivity index (χ0v) is 28.3. The van der Waals surface area contributed by atoms with Gasteiger partial charge in [-0.15, -0.1) is 0 Å². The summed E-state index contributed by atoms with van der Waals surface area (Å²) in [5, 5.41) is 0. The van der Waals surface area contributed by atoms with Crippen LogP contribution in [-0.4, -0.2) is 27.0 Å². The monoisotopic (exact) mass is 661 g/mol. The smallest absolute Gasteiger partial charge is 0.262 e. The summed E-state index contributed by atoms with van der Waals surface area (Å²) in [5.74, 6) is 1.08. The summed E-state index contributed by atoms with van der Waals surface area (Å²) in [7, 11) is -4.03. The molecule has 1 N–H and O–H groups in total. The van der Waals surface area contributed by atoms with Crippen LogP contribution >= 0.6 is 0 Å². The first-order valence-corrected chi connectivity index (χ1v) is 17.5. The molecule has 246 valence electrons. The van der Waals surface area contributed by atoms with Gasteiger partial charge in [-0.05, 0) is 106 Å². The minimum absolute atomic E-state index is 0.0133. The average molecular weight is 662 g/mol. The number of sulfonamides is 1. The van der Waals surface area contributed by atoms with Gasteiger partial charge in [0, 0.05) is 17.9 Å². The molecule has 0 saturated carbocycles. The number of ether oxygens (including phenoxy) is 2. The van der Waals surface area contributed by atoms with Crippen molar-refractivity contribution in [3.8, 4) is 11.5 Å². The van der Waals surface area contributed by atoms with Crippen LogP contribution in [0, 0.1) is 6.92 Å². The number of nitrogens with zero attached hydrogens (tertiary/aromatic N) is 2. The molecule has 0 radical (unpaired) electrons. The molecule has 1 heterocycles. The second-order valence-corrected chi connectivity index (χ2v) is 13.7. The van der Waals surface area contributed by atoms with Gasteiger partial charge in [-0.1, -0.05) is 60.2 Å². The van der Waals surface area contributed by atoms with Crippen molar-refractivity contribution in [1.82, 2.24) is 0 Å². The topological polar surface area (TPSA) is 88.2 Å². The Labute approximate surface area is 282 Å². The Morgan fingerprint density at radius 3 is 2.12 bits per heavy atom. The minimum Gasteiger partial charge on any atom is -0.494 e. The maximum Gasteiger partial charge on any atom is 0.262 e. The highest BCUT2D eigenvalue weighted by Gasteiger charge is 2.40. The van der Waals surface area contributed by atoms with Crippen LogP contribution in [0.25, 0.3) is 0 Å². The zero-order valence-electron chi connectivity index (χ0n) is 27.5. The third-order valence-electron chi connectivity index (χ3n) is 8.05. The number of hydrogen-bond donors (Lipinski definition) is 1. The summed E-state index contributed by atoms with van der Waals surface area (Å²) in [6, 6.07) is 37.1. The van der Waals surface area contributed by atoms with E-state index in [0.717, 1.165) is 22.4 Å². The van der Waals surface area contributed by atoms with E-state index in [2.05, 4.69) is 9.62 Å². The Morgan fingerprint density at radius 1 is 0.812 bits per heavy atom. The molecular formula is C39H39N3O5S. The van der Waals surface area contributed by atoms with Crippen molar-refractivity contribution in [2.75, 3.05) is 21.1 Å². The van der Waals surface area contributed by atoms with Crippen molar-refractivity contribution in [2.45, 2.75) is 51.4 Å². The van der Waals surface area contributed by atoms with Crippen LogP contribution in [0.2, 0.25) is 0 Å². The van der Waals surface area contributed by atoms with Crippen LogP contribution in [0.3, 0.4) is 0 Å². The van der Waals surface area contributed by atoms with E-state index < -0.39 is 16.2 Å². The highest BCUT2D eigenvalue weighted by Crippen LogP contribution is 2.43. The molecule has 5 aromatic rings. The minimum atomic E-state index is -4.03. The molecule has 8 nitrogen and oxygen atoms in total. The summed E-state index contributed by atoms with van der Waals surface area (Å²) >= 11 is 0. The van der Waals surface area contributed by atoms with Crippen molar-refractivity contribution >= 4 is 33.0 Å². The lowest BCUT2D eigenvalue weighted by Gasteiger charge is -2.46. The summed E-state index contributed by atoms with van der Waals surface area (Å²) in [6.07, 6.45) is -0.516. The van der Waals surface area contributed by atoms with Gasteiger partial charge in [-0.2, -0.15) is 0 Å². The summed E-state index contributed by atoms with van der Waals surface area (Å²) < 4.78 is 41.4. The van der Waals surface area contributed by atoms with Crippen molar-refractivity contribution in [2.24, 2.45) is 0 Å². The van der Waals surface area contributed by atoms with Gasteiger partial charge in [0.05, 0.1) is 28.9 Å².